The van der Waals surface area contributed by atoms with Crippen LogP contribution in [0.25, 0.3) is 11.7 Å². The largest absolute Gasteiger partial charge is 0.385 e. The Kier molecular flexibility index (Phi) is 7.27. The molecular weight excluding hydrogens is 420 g/mol. The van der Waals surface area contributed by atoms with Crippen LogP contribution in [0.5, 0.6) is 0 Å². The number of hydrogen-bond acceptors (Lipinski definition) is 7. The summed E-state index contributed by atoms with van der Waals surface area (Å²) >= 11 is 6.59. The third kappa shape index (κ3) is 4.91. The van der Waals surface area contributed by atoms with Gasteiger partial charge < -0.3 is 10.1 Å². The van der Waals surface area contributed by atoms with Crippen LogP contribution in [0, 0.1) is 12.8 Å². The van der Waals surface area contributed by atoms with Crippen LogP contribution in [-0.2, 0) is 9.53 Å². The van der Waals surface area contributed by atoms with Crippen LogP contribution in [0.4, 0.5) is 5.82 Å². The zero-order valence-electron chi connectivity index (χ0n) is 17.6. The smallest absolute Gasteiger partial charge is 0.267 e. The molecule has 30 heavy (non-hydrogen) atoms. The highest BCUT2D eigenvalue weighted by Crippen LogP contribution is 2.33. The number of hydrogen-bond donors (Lipinski definition) is 1. The Hall–Kier alpha value is -2.23. The van der Waals surface area contributed by atoms with E-state index in [1.54, 1.807) is 24.3 Å². The minimum absolute atomic E-state index is 0.190. The van der Waals surface area contributed by atoms with Gasteiger partial charge in [0.25, 0.3) is 11.5 Å². The summed E-state index contributed by atoms with van der Waals surface area (Å²) in [6.07, 6.45) is 4.06. The maximum atomic E-state index is 13.3. The van der Waals surface area contributed by atoms with Crippen molar-refractivity contribution in [3.63, 3.8) is 0 Å². The number of nitrogens with zero attached hydrogens (tertiary/aromatic N) is 3. The molecule has 1 aliphatic rings. The van der Waals surface area contributed by atoms with Gasteiger partial charge in [-0.3, -0.25) is 18.9 Å². The first-order chi connectivity index (χ1) is 14.3. The first-order valence-corrected chi connectivity index (χ1v) is 11.1. The molecule has 0 aromatic carbocycles. The lowest BCUT2D eigenvalue weighted by Gasteiger charge is -2.14. The van der Waals surface area contributed by atoms with Gasteiger partial charge in [-0.2, -0.15) is 0 Å². The number of amides is 1. The molecule has 0 spiro atoms. The van der Waals surface area contributed by atoms with Crippen LogP contribution in [0.1, 0.15) is 31.4 Å². The van der Waals surface area contributed by atoms with Crippen molar-refractivity contribution < 1.29 is 9.53 Å². The van der Waals surface area contributed by atoms with Crippen LogP contribution in [0.2, 0.25) is 0 Å². The second-order valence-corrected chi connectivity index (χ2v) is 9.24. The molecule has 1 fully saturated rings. The molecule has 1 saturated heterocycles. The van der Waals surface area contributed by atoms with E-state index in [1.807, 2.05) is 19.1 Å². The standard InChI is InChI=1S/C21H26N4O3S2/c1-13(2)11-22-18-15(19(26)25-12-14(3)6-7-17(25)23-18)10-16-20(27)24(21(29)30-16)8-5-9-28-4/h6-7,10,12-13,22H,5,8-9,11H2,1-4H3/b16-10+. The first kappa shape index (κ1) is 22.5. The summed E-state index contributed by atoms with van der Waals surface area (Å²) in [5, 5.41) is 3.26. The lowest BCUT2D eigenvalue weighted by Crippen LogP contribution is -2.29. The molecule has 0 saturated carbocycles. The van der Waals surface area contributed by atoms with E-state index in [1.165, 1.54) is 16.2 Å². The molecule has 0 unspecified atom stereocenters. The second kappa shape index (κ2) is 9.72. The van der Waals surface area contributed by atoms with Crippen molar-refractivity contribution in [3.8, 4) is 0 Å². The molecule has 7 nitrogen and oxygen atoms in total. The van der Waals surface area contributed by atoms with Crippen LogP contribution in [0.3, 0.4) is 0 Å². The number of aryl methyl sites for hydroxylation is 1. The number of carbonyl (C=O) groups excluding carboxylic acids is 1. The van der Waals surface area contributed by atoms with Crippen molar-refractivity contribution in [2.75, 3.05) is 32.1 Å². The number of thiocarbonyl (C=S) groups is 1. The lowest BCUT2D eigenvalue weighted by atomic mass is 10.2. The Morgan fingerprint density at radius 2 is 2.10 bits per heavy atom. The molecule has 3 heterocycles. The summed E-state index contributed by atoms with van der Waals surface area (Å²) < 4.78 is 7.06. The molecule has 0 radical (unpaired) electrons. The first-order valence-electron chi connectivity index (χ1n) is 9.83. The zero-order chi connectivity index (χ0) is 21.8. The Bertz CT molecular complexity index is 1060. The number of thioether (sulfide) groups is 1. The van der Waals surface area contributed by atoms with Crippen molar-refractivity contribution in [1.29, 1.82) is 0 Å². The second-order valence-electron chi connectivity index (χ2n) is 7.57. The SMILES string of the molecule is COCCCN1C(=O)/C(=C\c2c(NCC(C)C)nc3ccc(C)cn3c2=O)SC1=S. The number of carbonyl (C=O) groups is 1. The predicted octanol–water partition coefficient (Wildman–Crippen LogP) is 3.31. The summed E-state index contributed by atoms with van der Waals surface area (Å²) in [6.45, 7) is 7.77. The molecule has 0 bridgehead atoms. The van der Waals surface area contributed by atoms with Crippen molar-refractivity contribution in [3.05, 3.63) is 44.7 Å². The topological polar surface area (TPSA) is 75.9 Å². The minimum Gasteiger partial charge on any atom is -0.385 e. The fraction of sp³-hybridized carbons (Fsp3) is 0.429. The van der Waals surface area contributed by atoms with E-state index >= 15 is 0 Å². The monoisotopic (exact) mass is 446 g/mol. The molecule has 2 aromatic heterocycles. The molecule has 1 amide bonds. The van der Waals surface area contributed by atoms with Crippen molar-refractivity contribution in [1.82, 2.24) is 14.3 Å². The minimum atomic E-state index is -0.223. The number of fused-ring (bicyclic) bond motifs is 1. The molecule has 1 N–H and O–H groups in total. The average molecular weight is 447 g/mol. The van der Waals surface area contributed by atoms with Gasteiger partial charge in [0, 0.05) is 33.0 Å². The maximum Gasteiger partial charge on any atom is 0.267 e. The van der Waals surface area contributed by atoms with Crippen LogP contribution < -0.4 is 10.9 Å². The Morgan fingerprint density at radius 3 is 2.80 bits per heavy atom. The summed E-state index contributed by atoms with van der Waals surface area (Å²) in [6, 6.07) is 3.73. The number of aromatic nitrogens is 2. The van der Waals surface area contributed by atoms with E-state index in [0.717, 1.165) is 5.56 Å². The number of rotatable bonds is 8. The maximum absolute atomic E-state index is 13.3. The van der Waals surface area contributed by atoms with Gasteiger partial charge >= 0.3 is 0 Å². The van der Waals surface area contributed by atoms with Crippen molar-refractivity contribution >= 4 is 51.7 Å². The highest BCUT2D eigenvalue weighted by Gasteiger charge is 2.32. The molecule has 3 rings (SSSR count). The molecule has 9 heteroatoms. The third-order valence-corrected chi connectivity index (χ3v) is 5.94. The average Bonchev–Trinajstić information content (AvgIpc) is 2.96. The third-order valence-electron chi connectivity index (χ3n) is 4.56. The summed E-state index contributed by atoms with van der Waals surface area (Å²) in [5.41, 5.74) is 1.64. The molecule has 1 aliphatic heterocycles. The van der Waals surface area contributed by atoms with Crippen LogP contribution in [0.15, 0.2) is 28.0 Å². The summed E-state index contributed by atoms with van der Waals surface area (Å²) in [4.78, 5) is 32.8. The van der Waals surface area contributed by atoms with E-state index in [0.29, 0.717) is 58.3 Å². The Morgan fingerprint density at radius 1 is 1.33 bits per heavy atom. The van der Waals surface area contributed by atoms with Crippen molar-refractivity contribution in [2.45, 2.75) is 27.2 Å². The van der Waals surface area contributed by atoms with Gasteiger partial charge in [-0.05, 0) is 37.0 Å². The van der Waals surface area contributed by atoms with Gasteiger partial charge in [-0.15, -0.1) is 0 Å². The molecule has 2 aromatic rings. The van der Waals surface area contributed by atoms with Gasteiger partial charge in [-0.25, -0.2) is 4.98 Å². The van der Waals surface area contributed by atoms with Gasteiger partial charge in [0.2, 0.25) is 0 Å². The van der Waals surface area contributed by atoms with Crippen LogP contribution >= 0.6 is 24.0 Å². The van der Waals surface area contributed by atoms with Gasteiger partial charge in [0.15, 0.2) is 0 Å². The van der Waals surface area contributed by atoms with E-state index in [9.17, 15) is 9.59 Å². The number of pyridine rings is 1. The zero-order valence-corrected chi connectivity index (χ0v) is 19.2. The highest BCUT2D eigenvalue weighted by molar-refractivity contribution is 8.26. The molecule has 0 atom stereocenters. The van der Waals surface area contributed by atoms with Crippen molar-refractivity contribution in [2.24, 2.45) is 5.92 Å². The molecule has 0 aliphatic carbocycles. The quantitative estimate of drug-likeness (QED) is 0.379. The fourth-order valence-electron chi connectivity index (χ4n) is 3.02. The highest BCUT2D eigenvalue weighted by atomic mass is 32.2. The predicted molar refractivity (Wildman–Crippen MR) is 126 cm³/mol. The summed E-state index contributed by atoms with van der Waals surface area (Å²) in [5.74, 6) is 0.655. The summed E-state index contributed by atoms with van der Waals surface area (Å²) in [7, 11) is 1.62. The van der Waals surface area contributed by atoms with E-state index in [4.69, 9.17) is 17.0 Å². The lowest BCUT2D eigenvalue weighted by molar-refractivity contribution is -0.122. The number of methoxy groups -OCH3 is 1. The number of ether oxygens (including phenoxy) is 1. The number of nitrogens with one attached hydrogen (secondary N) is 1. The Labute approximate surface area is 185 Å². The van der Waals surface area contributed by atoms with E-state index < -0.39 is 0 Å². The number of anilines is 1. The molecular formula is C21H26N4O3S2. The van der Waals surface area contributed by atoms with E-state index in [2.05, 4.69) is 24.1 Å². The van der Waals surface area contributed by atoms with Crippen LogP contribution in [-0.4, -0.2) is 51.3 Å². The van der Waals surface area contributed by atoms with Gasteiger partial charge in [0.05, 0.1) is 10.5 Å². The van der Waals surface area contributed by atoms with Gasteiger partial charge in [-0.1, -0.05) is 43.9 Å². The Balaban J connectivity index is 2.04. The van der Waals surface area contributed by atoms with E-state index in [-0.39, 0.29) is 11.5 Å². The molecule has 160 valence electrons. The normalized spacial score (nSPS) is 15.8. The van der Waals surface area contributed by atoms with Gasteiger partial charge in [0.1, 0.15) is 15.8 Å². The fourth-order valence-corrected chi connectivity index (χ4v) is 4.31.